The largest absolute Gasteiger partial charge is 0.465 e. The fourth-order valence-electron chi connectivity index (χ4n) is 3.03. The molecule has 3 nitrogen and oxygen atoms in total. The molecule has 0 saturated heterocycles. The van der Waals surface area contributed by atoms with Crippen molar-refractivity contribution in [1.82, 2.24) is 0 Å². The van der Waals surface area contributed by atoms with Crippen LogP contribution in [0.2, 0.25) is 0 Å². The Balaban J connectivity index is 0.00000392. The number of aryl methyl sites for hydroxylation is 3. The van der Waals surface area contributed by atoms with E-state index >= 15 is 0 Å². The molecule has 0 amide bonds. The summed E-state index contributed by atoms with van der Waals surface area (Å²) in [5.41, 5.74) is 5.56. The van der Waals surface area contributed by atoms with Crippen molar-refractivity contribution in [3.05, 3.63) is 58.1 Å². The zero-order valence-corrected chi connectivity index (χ0v) is 19.7. The molecular formula is C23H31LiO3P. The van der Waals surface area contributed by atoms with Gasteiger partial charge in [-0.1, -0.05) is 39.0 Å². The average Bonchev–Trinajstić information content (AvgIpc) is 2.55. The molecule has 0 heterocycles. The summed E-state index contributed by atoms with van der Waals surface area (Å²) in [5.74, 6) is 0.754. The molecular weight excluding hydrogens is 362 g/mol. The third kappa shape index (κ3) is 6.20. The summed E-state index contributed by atoms with van der Waals surface area (Å²) >= 11 is 0. The zero-order chi connectivity index (χ0) is 20.4. The number of rotatable bonds is 6. The second-order valence-electron chi connectivity index (χ2n) is 8.09. The van der Waals surface area contributed by atoms with Crippen LogP contribution in [0.4, 0.5) is 0 Å². The molecule has 0 aliphatic rings. The second kappa shape index (κ2) is 10.1. The normalized spacial score (nSPS) is 12.7. The molecule has 5 heteroatoms. The van der Waals surface area contributed by atoms with Gasteiger partial charge in [-0.15, -0.1) is 0 Å². The van der Waals surface area contributed by atoms with E-state index in [2.05, 4.69) is 32.9 Å². The molecule has 0 N–H and O–H groups in total. The van der Waals surface area contributed by atoms with Crippen molar-refractivity contribution in [2.24, 2.45) is 0 Å². The minimum Gasteiger partial charge on any atom is -0.465 e. The van der Waals surface area contributed by atoms with Gasteiger partial charge in [0.15, 0.2) is 11.8 Å². The number of carbonyl (C=O) groups excluding carboxylic acids is 1. The maximum atomic E-state index is 13.0. The van der Waals surface area contributed by atoms with Crippen LogP contribution in [0.3, 0.4) is 0 Å². The summed E-state index contributed by atoms with van der Waals surface area (Å²) in [6, 6.07) is 10.2. The van der Waals surface area contributed by atoms with E-state index in [4.69, 9.17) is 9.47 Å². The molecule has 1 radical (unpaired) electrons. The Morgan fingerprint density at radius 2 is 1.57 bits per heavy atom. The first kappa shape index (κ1) is 24.9. The number of carbonyl (C=O) groups is 1. The van der Waals surface area contributed by atoms with Gasteiger partial charge in [0.1, 0.15) is 5.75 Å². The van der Waals surface area contributed by atoms with Gasteiger partial charge in [0.25, 0.3) is 0 Å². The van der Waals surface area contributed by atoms with E-state index in [1.165, 1.54) is 5.56 Å². The third-order valence-electron chi connectivity index (χ3n) is 4.71. The van der Waals surface area contributed by atoms with Gasteiger partial charge >= 0.3 is 0 Å². The van der Waals surface area contributed by atoms with Crippen molar-refractivity contribution >= 4 is 38.3 Å². The van der Waals surface area contributed by atoms with Crippen molar-refractivity contribution < 1.29 is 14.3 Å². The van der Waals surface area contributed by atoms with Crippen LogP contribution in [-0.2, 0) is 10.2 Å². The van der Waals surface area contributed by atoms with Gasteiger partial charge < -0.3 is 9.47 Å². The first-order valence-corrected chi connectivity index (χ1v) is 10.3. The summed E-state index contributed by atoms with van der Waals surface area (Å²) in [5, 5.41) is 1.05. The van der Waals surface area contributed by atoms with Crippen LogP contribution in [0.15, 0.2) is 30.3 Å². The summed E-state index contributed by atoms with van der Waals surface area (Å²) in [4.78, 5) is 13.0. The van der Waals surface area contributed by atoms with E-state index in [1.54, 1.807) is 7.11 Å². The Morgan fingerprint density at radius 3 is 2.04 bits per heavy atom. The Labute approximate surface area is 183 Å². The summed E-state index contributed by atoms with van der Waals surface area (Å²) < 4.78 is 10.8. The number of benzene rings is 2. The number of hydrogen-bond acceptors (Lipinski definition) is 3. The molecule has 0 saturated carbocycles. The molecule has 0 fully saturated rings. The molecule has 28 heavy (non-hydrogen) atoms. The Bertz CT molecular complexity index is 817. The molecule has 0 aliphatic carbocycles. The van der Waals surface area contributed by atoms with E-state index < -0.39 is 0 Å². The van der Waals surface area contributed by atoms with Crippen LogP contribution in [0.5, 0.6) is 5.75 Å². The van der Waals surface area contributed by atoms with Crippen molar-refractivity contribution in [1.29, 1.82) is 0 Å². The first-order valence-electron chi connectivity index (χ1n) is 9.26. The smallest absolute Gasteiger partial charge is 0.196 e. The molecule has 147 valence electrons. The molecule has 2 aromatic carbocycles. The average molecular weight is 393 g/mol. The molecule has 2 atom stereocenters. The topological polar surface area (TPSA) is 35.5 Å². The fraction of sp³-hybridized carbons (Fsp3) is 0.435. The molecule has 0 aliphatic heterocycles. The Morgan fingerprint density at radius 1 is 1.00 bits per heavy atom. The molecule has 0 bridgehead atoms. The maximum absolute atomic E-state index is 13.0. The van der Waals surface area contributed by atoms with Crippen LogP contribution >= 0.6 is 8.58 Å². The van der Waals surface area contributed by atoms with Crippen LogP contribution in [-0.4, -0.2) is 37.8 Å². The van der Waals surface area contributed by atoms with E-state index in [0.29, 0.717) is 0 Å². The van der Waals surface area contributed by atoms with E-state index in [0.717, 1.165) is 33.3 Å². The third-order valence-corrected chi connectivity index (χ3v) is 6.01. The van der Waals surface area contributed by atoms with Gasteiger partial charge in [-0.25, -0.2) is 0 Å². The van der Waals surface area contributed by atoms with Gasteiger partial charge in [-0.2, -0.15) is 0 Å². The van der Waals surface area contributed by atoms with Gasteiger partial charge in [0.2, 0.25) is 0 Å². The maximum Gasteiger partial charge on any atom is 0.196 e. The van der Waals surface area contributed by atoms with Gasteiger partial charge in [0.05, 0.1) is 0 Å². The molecule has 2 rings (SSSR count). The van der Waals surface area contributed by atoms with Crippen LogP contribution in [0.1, 0.15) is 60.3 Å². The monoisotopic (exact) mass is 393 g/mol. The number of hydrogen-bond donors (Lipinski definition) is 0. The van der Waals surface area contributed by atoms with Gasteiger partial charge in [0, 0.05) is 31.5 Å². The fourth-order valence-corrected chi connectivity index (χ4v) is 4.23. The van der Waals surface area contributed by atoms with Crippen molar-refractivity contribution in [2.75, 3.05) is 7.11 Å². The predicted molar refractivity (Wildman–Crippen MR) is 121 cm³/mol. The SMILES string of the molecule is COC(C)Oc1ccc(PC(=O)c2c(C)cc(C(C)(C)C)cc2C)c(C)c1.[Li]. The van der Waals surface area contributed by atoms with Gasteiger partial charge in [-0.05, 0) is 81.4 Å². The summed E-state index contributed by atoms with van der Waals surface area (Å²) in [6.07, 6.45) is -0.300. The van der Waals surface area contributed by atoms with Crippen LogP contribution in [0, 0.1) is 20.8 Å². The molecule has 0 spiro atoms. The predicted octanol–water partition coefficient (Wildman–Crippen LogP) is 5.04. The van der Waals surface area contributed by atoms with Crippen LogP contribution in [0.25, 0.3) is 0 Å². The number of ether oxygens (including phenoxy) is 2. The second-order valence-corrected chi connectivity index (χ2v) is 9.33. The minimum atomic E-state index is -0.300. The summed E-state index contributed by atoms with van der Waals surface area (Å²) in [7, 11) is 1.71. The van der Waals surface area contributed by atoms with Gasteiger partial charge in [-0.3, -0.25) is 4.79 Å². The van der Waals surface area contributed by atoms with Crippen molar-refractivity contribution in [2.45, 2.75) is 60.2 Å². The van der Waals surface area contributed by atoms with E-state index in [-0.39, 0.29) is 44.7 Å². The van der Waals surface area contributed by atoms with Crippen LogP contribution < -0.4 is 10.0 Å². The first-order chi connectivity index (χ1) is 12.5. The molecule has 2 aromatic rings. The summed E-state index contributed by atoms with van der Waals surface area (Å²) in [6.45, 7) is 14.5. The molecule has 0 aromatic heterocycles. The Hall–Kier alpha value is -1.10. The van der Waals surface area contributed by atoms with E-state index in [9.17, 15) is 4.79 Å². The number of methoxy groups -OCH3 is 1. The molecule has 2 unspecified atom stereocenters. The van der Waals surface area contributed by atoms with E-state index in [1.807, 2.05) is 45.9 Å². The quantitative estimate of drug-likeness (QED) is 0.392. The minimum absolute atomic E-state index is 0. The van der Waals surface area contributed by atoms with Crippen molar-refractivity contribution in [3.63, 3.8) is 0 Å². The Kier molecular flexibility index (Phi) is 8.98. The van der Waals surface area contributed by atoms with Crippen molar-refractivity contribution in [3.8, 4) is 5.75 Å². The zero-order valence-electron chi connectivity index (χ0n) is 18.7. The standard InChI is InChI=1S/C23H31O3P.Li/c1-14-13-19(26-17(4)25-8)9-10-20(14)27-22(24)21-15(2)11-18(12-16(21)3)23(5,6)7;/h9-13,17,27H,1-8H3;.